The highest BCUT2D eigenvalue weighted by atomic mass is 32.1. The van der Waals surface area contributed by atoms with Crippen molar-refractivity contribution in [2.24, 2.45) is 0 Å². The van der Waals surface area contributed by atoms with Crippen molar-refractivity contribution in [2.75, 3.05) is 7.05 Å². The first kappa shape index (κ1) is 11.8. The third-order valence-corrected chi connectivity index (χ3v) is 4.61. The summed E-state index contributed by atoms with van der Waals surface area (Å²) >= 11 is 1.72. The highest BCUT2D eigenvalue weighted by Crippen LogP contribution is 2.31. The van der Waals surface area contributed by atoms with Gasteiger partial charge in [-0.2, -0.15) is 0 Å². The van der Waals surface area contributed by atoms with E-state index in [9.17, 15) is 0 Å². The van der Waals surface area contributed by atoms with E-state index < -0.39 is 0 Å². The molecule has 0 spiro atoms. The molecule has 1 N–H and O–H groups in total. The van der Waals surface area contributed by atoms with Gasteiger partial charge in [-0.25, -0.2) is 9.97 Å². The lowest BCUT2D eigenvalue weighted by atomic mass is 9.92. The molecule has 1 aliphatic rings. The third-order valence-electron chi connectivity index (χ3n) is 3.60. The SMILES string of the molecule is CNC1CCCc2nc(-c3sccc3C)ncc21. The van der Waals surface area contributed by atoms with Crippen molar-refractivity contribution >= 4 is 11.3 Å². The lowest BCUT2D eigenvalue weighted by molar-refractivity contribution is 0.488. The lowest BCUT2D eigenvalue weighted by Gasteiger charge is -2.24. The molecule has 18 heavy (non-hydrogen) atoms. The second-order valence-electron chi connectivity index (χ2n) is 4.76. The molecule has 0 bridgehead atoms. The van der Waals surface area contributed by atoms with E-state index in [1.54, 1.807) is 11.3 Å². The van der Waals surface area contributed by atoms with E-state index in [2.05, 4.69) is 28.7 Å². The summed E-state index contributed by atoms with van der Waals surface area (Å²) in [5.74, 6) is 0.887. The van der Waals surface area contributed by atoms with Crippen LogP contribution in [0.3, 0.4) is 0 Å². The summed E-state index contributed by atoms with van der Waals surface area (Å²) in [7, 11) is 2.01. The average molecular weight is 259 g/mol. The molecular formula is C14H17N3S. The molecule has 2 heterocycles. The van der Waals surface area contributed by atoms with Crippen LogP contribution in [0.25, 0.3) is 10.7 Å². The van der Waals surface area contributed by atoms with Crippen LogP contribution in [0.1, 0.15) is 35.7 Å². The standard InChI is InChI=1S/C14H17N3S/c1-9-6-7-18-13(9)14-16-8-10-11(15-2)4-3-5-12(10)17-14/h6-8,11,15H,3-5H2,1-2H3. The number of nitrogens with one attached hydrogen (secondary N) is 1. The van der Waals surface area contributed by atoms with Crippen LogP contribution in [-0.4, -0.2) is 17.0 Å². The van der Waals surface area contributed by atoms with Gasteiger partial charge in [0.05, 0.1) is 4.88 Å². The van der Waals surface area contributed by atoms with Crippen molar-refractivity contribution in [3.63, 3.8) is 0 Å². The second-order valence-corrected chi connectivity index (χ2v) is 5.68. The smallest absolute Gasteiger partial charge is 0.169 e. The Morgan fingerprint density at radius 3 is 3.06 bits per heavy atom. The van der Waals surface area contributed by atoms with E-state index in [1.807, 2.05) is 13.2 Å². The molecule has 0 amide bonds. The normalized spacial score (nSPS) is 18.7. The Kier molecular flexibility index (Phi) is 3.14. The zero-order chi connectivity index (χ0) is 12.5. The van der Waals surface area contributed by atoms with Crippen LogP contribution in [0.15, 0.2) is 17.6 Å². The fraction of sp³-hybridized carbons (Fsp3) is 0.429. The van der Waals surface area contributed by atoms with Gasteiger partial charge in [0.2, 0.25) is 0 Å². The zero-order valence-electron chi connectivity index (χ0n) is 10.7. The molecule has 0 aliphatic heterocycles. The maximum absolute atomic E-state index is 4.77. The Morgan fingerprint density at radius 2 is 2.33 bits per heavy atom. The summed E-state index contributed by atoms with van der Waals surface area (Å²) in [5, 5.41) is 5.45. The maximum Gasteiger partial charge on any atom is 0.169 e. The van der Waals surface area contributed by atoms with E-state index in [-0.39, 0.29) is 0 Å². The highest BCUT2D eigenvalue weighted by Gasteiger charge is 2.21. The Hall–Kier alpha value is -1.26. The first-order valence-corrected chi connectivity index (χ1v) is 7.25. The first-order valence-electron chi connectivity index (χ1n) is 6.37. The minimum Gasteiger partial charge on any atom is -0.313 e. The molecule has 0 aromatic carbocycles. The quantitative estimate of drug-likeness (QED) is 0.900. The van der Waals surface area contributed by atoms with Gasteiger partial charge in [-0.15, -0.1) is 11.3 Å². The van der Waals surface area contributed by atoms with E-state index in [4.69, 9.17) is 4.98 Å². The maximum atomic E-state index is 4.77. The van der Waals surface area contributed by atoms with Gasteiger partial charge in [-0.3, -0.25) is 0 Å². The molecule has 3 rings (SSSR count). The van der Waals surface area contributed by atoms with Crippen molar-refractivity contribution in [3.8, 4) is 10.7 Å². The van der Waals surface area contributed by atoms with Crippen LogP contribution < -0.4 is 5.32 Å². The highest BCUT2D eigenvalue weighted by molar-refractivity contribution is 7.13. The number of aromatic nitrogens is 2. The molecule has 0 saturated carbocycles. The van der Waals surface area contributed by atoms with Crippen molar-refractivity contribution < 1.29 is 0 Å². The van der Waals surface area contributed by atoms with Crippen LogP contribution >= 0.6 is 11.3 Å². The summed E-state index contributed by atoms with van der Waals surface area (Å²) in [6.07, 6.45) is 5.48. The summed E-state index contributed by atoms with van der Waals surface area (Å²) in [5.41, 5.74) is 3.76. The molecule has 94 valence electrons. The largest absolute Gasteiger partial charge is 0.313 e. The van der Waals surface area contributed by atoms with Gasteiger partial charge in [-0.1, -0.05) is 0 Å². The molecule has 1 atom stereocenters. The molecule has 0 saturated heterocycles. The van der Waals surface area contributed by atoms with Gasteiger partial charge >= 0.3 is 0 Å². The van der Waals surface area contributed by atoms with Gasteiger partial charge in [-0.05, 0) is 50.2 Å². The molecular weight excluding hydrogens is 242 g/mol. The minimum absolute atomic E-state index is 0.423. The van der Waals surface area contributed by atoms with Crippen LogP contribution in [-0.2, 0) is 6.42 Å². The van der Waals surface area contributed by atoms with Gasteiger partial charge in [0.15, 0.2) is 5.82 Å². The summed E-state index contributed by atoms with van der Waals surface area (Å²) < 4.78 is 0. The fourth-order valence-corrected chi connectivity index (χ4v) is 3.42. The van der Waals surface area contributed by atoms with Crippen LogP contribution in [0.2, 0.25) is 0 Å². The molecule has 0 fully saturated rings. The summed E-state index contributed by atoms with van der Waals surface area (Å²) in [6.45, 7) is 2.12. The minimum atomic E-state index is 0.423. The number of aryl methyl sites for hydroxylation is 2. The monoisotopic (exact) mass is 259 g/mol. The predicted octanol–water partition coefficient (Wildman–Crippen LogP) is 3.11. The molecule has 4 heteroatoms. The number of rotatable bonds is 2. The molecule has 1 aliphatic carbocycles. The Morgan fingerprint density at radius 1 is 1.44 bits per heavy atom. The van der Waals surface area contributed by atoms with Crippen LogP contribution in [0.4, 0.5) is 0 Å². The number of fused-ring (bicyclic) bond motifs is 1. The molecule has 2 aromatic rings. The zero-order valence-corrected chi connectivity index (χ0v) is 11.5. The fourth-order valence-electron chi connectivity index (χ4n) is 2.56. The van der Waals surface area contributed by atoms with Crippen molar-refractivity contribution in [1.29, 1.82) is 0 Å². The van der Waals surface area contributed by atoms with Gasteiger partial charge in [0.25, 0.3) is 0 Å². The number of thiophene rings is 1. The Balaban J connectivity index is 2.04. The summed E-state index contributed by atoms with van der Waals surface area (Å²) in [4.78, 5) is 10.5. The Labute approximate surface area is 111 Å². The Bertz CT molecular complexity index is 562. The average Bonchev–Trinajstić information content (AvgIpc) is 2.83. The molecule has 3 nitrogen and oxygen atoms in total. The number of hydrogen-bond acceptors (Lipinski definition) is 4. The molecule has 1 unspecified atom stereocenters. The van der Waals surface area contributed by atoms with Crippen molar-refractivity contribution in [3.05, 3.63) is 34.5 Å². The topological polar surface area (TPSA) is 37.8 Å². The molecule has 0 radical (unpaired) electrons. The number of hydrogen-bond donors (Lipinski definition) is 1. The number of nitrogens with zero attached hydrogens (tertiary/aromatic N) is 2. The first-order chi connectivity index (χ1) is 8.79. The van der Waals surface area contributed by atoms with E-state index in [0.29, 0.717) is 6.04 Å². The van der Waals surface area contributed by atoms with Crippen molar-refractivity contribution in [2.45, 2.75) is 32.2 Å². The van der Waals surface area contributed by atoms with Gasteiger partial charge < -0.3 is 5.32 Å². The van der Waals surface area contributed by atoms with Crippen LogP contribution in [0, 0.1) is 6.92 Å². The van der Waals surface area contributed by atoms with E-state index in [0.717, 1.165) is 12.2 Å². The van der Waals surface area contributed by atoms with E-state index >= 15 is 0 Å². The van der Waals surface area contributed by atoms with Crippen molar-refractivity contribution in [1.82, 2.24) is 15.3 Å². The summed E-state index contributed by atoms with van der Waals surface area (Å²) in [6, 6.07) is 2.55. The molecule has 2 aromatic heterocycles. The van der Waals surface area contributed by atoms with E-state index in [1.165, 1.54) is 34.5 Å². The second kappa shape index (κ2) is 4.78. The predicted molar refractivity (Wildman–Crippen MR) is 74.8 cm³/mol. The van der Waals surface area contributed by atoms with Gasteiger partial charge in [0, 0.05) is 23.5 Å². The van der Waals surface area contributed by atoms with Crippen LogP contribution in [0.5, 0.6) is 0 Å². The lowest BCUT2D eigenvalue weighted by Crippen LogP contribution is -2.22. The third kappa shape index (κ3) is 1.95. The van der Waals surface area contributed by atoms with Gasteiger partial charge in [0.1, 0.15) is 0 Å².